The summed E-state index contributed by atoms with van der Waals surface area (Å²) in [5.41, 5.74) is 0. The normalized spacial score (nSPS) is 13.2. The van der Waals surface area contributed by atoms with E-state index in [2.05, 4.69) is 91.3 Å². The number of unbranched alkanes of at least 4 members (excludes halogenated alkanes) is 16. The van der Waals surface area contributed by atoms with Crippen LogP contribution >= 0.6 is 7.82 Å². The molecule has 54 heavy (non-hydrogen) atoms. The van der Waals surface area contributed by atoms with E-state index in [0.29, 0.717) is 12.8 Å². The lowest BCUT2D eigenvalue weighted by Crippen LogP contribution is -2.29. The van der Waals surface area contributed by atoms with Crippen molar-refractivity contribution >= 4 is 19.8 Å². The van der Waals surface area contributed by atoms with Crippen LogP contribution in [0.2, 0.25) is 0 Å². The summed E-state index contributed by atoms with van der Waals surface area (Å²) in [6, 6.07) is 0. The van der Waals surface area contributed by atoms with Crippen LogP contribution in [0.4, 0.5) is 0 Å². The van der Waals surface area contributed by atoms with Crippen molar-refractivity contribution in [1.29, 1.82) is 0 Å². The Kier molecular flexibility index (Phi) is 38.3. The predicted octanol–water partition coefficient (Wildman–Crippen LogP) is 13.1. The summed E-state index contributed by atoms with van der Waals surface area (Å²) >= 11 is 0. The summed E-state index contributed by atoms with van der Waals surface area (Å²) in [6.45, 7) is 3.59. The molecule has 1 atom stereocenters. The number of allylic oxidation sites excluding steroid dienone is 12. The van der Waals surface area contributed by atoms with E-state index in [1.54, 1.807) is 0 Å². The van der Waals surface area contributed by atoms with Crippen LogP contribution in [0.15, 0.2) is 72.9 Å². The lowest BCUT2D eigenvalue weighted by Gasteiger charge is -2.18. The molecule has 0 aromatic rings. The molecular weight excluding hydrogens is 699 g/mol. The quantitative estimate of drug-likeness (QED) is 0.0275. The molecule has 0 aliphatic heterocycles. The zero-order valence-corrected chi connectivity index (χ0v) is 35.0. The van der Waals surface area contributed by atoms with E-state index >= 15 is 0 Å². The molecule has 0 amide bonds. The van der Waals surface area contributed by atoms with Crippen molar-refractivity contribution < 1.29 is 37.9 Å². The minimum absolute atomic E-state index is 0.169. The minimum atomic E-state index is -4.77. The Labute approximate surface area is 329 Å². The summed E-state index contributed by atoms with van der Waals surface area (Å²) in [5, 5.41) is 0. The lowest BCUT2D eigenvalue weighted by molar-refractivity contribution is -0.161. The number of phosphoric acid groups is 1. The number of hydrogen-bond donors (Lipinski definition) is 2. The molecule has 8 nitrogen and oxygen atoms in total. The van der Waals surface area contributed by atoms with Crippen molar-refractivity contribution in [2.75, 3.05) is 13.2 Å². The van der Waals surface area contributed by atoms with Gasteiger partial charge in [-0.15, -0.1) is 0 Å². The van der Waals surface area contributed by atoms with Gasteiger partial charge in [0.15, 0.2) is 6.10 Å². The molecule has 0 heterocycles. The second kappa shape index (κ2) is 40.2. The highest BCUT2D eigenvalue weighted by atomic mass is 31.2. The fourth-order valence-corrected chi connectivity index (χ4v) is 5.86. The van der Waals surface area contributed by atoms with Crippen molar-refractivity contribution in [3.05, 3.63) is 72.9 Å². The van der Waals surface area contributed by atoms with Crippen LogP contribution in [0.25, 0.3) is 0 Å². The van der Waals surface area contributed by atoms with Crippen LogP contribution in [-0.2, 0) is 28.2 Å². The standard InChI is InChI=1S/C45H77O8P/c1-3-5-7-9-11-13-15-17-19-21-22-24-26-28-30-32-34-36-38-40-45(47)53-43(42-52-54(48,49)50)41-51-44(46)39-37-35-33-31-29-27-25-23-20-18-16-14-12-10-8-6-4-2/h11-14,17-20,22,24,28,30,43H,3-10,15-16,21,23,25-27,29,31-42H2,1-2H3,(H2,48,49,50)/b13-11+,14-12+,19-17+,20-18+,24-22+,30-28+/t43-/m1/s1. The van der Waals surface area contributed by atoms with Crippen molar-refractivity contribution in [1.82, 2.24) is 0 Å². The van der Waals surface area contributed by atoms with Crippen molar-refractivity contribution in [2.45, 2.75) is 187 Å². The van der Waals surface area contributed by atoms with Gasteiger partial charge in [0.25, 0.3) is 0 Å². The fourth-order valence-electron chi connectivity index (χ4n) is 5.50. The molecule has 310 valence electrons. The molecule has 0 radical (unpaired) electrons. The van der Waals surface area contributed by atoms with Gasteiger partial charge in [-0.2, -0.15) is 0 Å². The molecular formula is C45H77O8P. The number of phosphoric ester groups is 1. The molecule has 0 saturated heterocycles. The third-order valence-electron chi connectivity index (χ3n) is 8.70. The molecule has 0 spiro atoms. The fraction of sp³-hybridized carbons (Fsp3) is 0.689. The molecule has 0 saturated carbocycles. The van der Waals surface area contributed by atoms with Gasteiger partial charge in [-0.1, -0.05) is 151 Å². The van der Waals surface area contributed by atoms with Gasteiger partial charge < -0.3 is 19.3 Å². The average Bonchev–Trinajstić information content (AvgIpc) is 3.14. The third kappa shape index (κ3) is 42.2. The van der Waals surface area contributed by atoms with Crippen LogP contribution in [-0.4, -0.2) is 41.0 Å². The molecule has 9 heteroatoms. The molecule has 0 fully saturated rings. The maximum Gasteiger partial charge on any atom is 0.469 e. The number of rotatable bonds is 38. The Morgan fingerprint density at radius 3 is 1.26 bits per heavy atom. The predicted molar refractivity (Wildman–Crippen MR) is 225 cm³/mol. The van der Waals surface area contributed by atoms with E-state index in [1.807, 2.05) is 0 Å². The summed E-state index contributed by atoms with van der Waals surface area (Å²) in [7, 11) is -4.77. The maximum atomic E-state index is 12.4. The number of carbonyl (C=O) groups excluding carboxylic acids is 2. The van der Waals surface area contributed by atoms with Gasteiger partial charge in [-0.3, -0.25) is 14.1 Å². The van der Waals surface area contributed by atoms with E-state index in [4.69, 9.17) is 19.3 Å². The smallest absolute Gasteiger partial charge is 0.462 e. The Bertz CT molecular complexity index is 1100. The van der Waals surface area contributed by atoms with Crippen LogP contribution < -0.4 is 0 Å². The number of ether oxygens (including phenoxy) is 2. The van der Waals surface area contributed by atoms with E-state index in [-0.39, 0.29) is 19.4 Å². The molecule has 0 rings (SSSR count). The van der Waals surface area contributed by atoms with Gasteiger partial charge in [-0.25, -0.2) is 4.57 Å². The van der Waals surface area contributed by atoms with Crippen LogP contribution in [0.1, 0.15) is 181 Å². The van der Waals surface area contributed by atoms with Gasteiger partial charge in [0, 0.05) is 12.8 Å². The molecule has 0 aromatic carbocycles. The molecule has 0 aliphatic rings. The van der Waals surface area contributed by atoms with Crippen LogP contribution in [0, 0.1) is 0 Å². The number of carbonyl (C=O) groups is 2. The SMILES string of the molecule is CCCCC/C=C/C/C=C/C/C=C/C/C=C/CCCCCC(=O)O[C@H](COC(=O)CCCCCCCCC/C=C/C/C=C/CCCCC)COP(=O)(O)O. The Morgan fingerprint density at radius 2 is 0.833 bits per heavy atom. The zero-order chi connectivity index (χ0) is 39.6. The van der Waals surface area contributed by atoms with Gasteiger partial charge in [0.2, 0.25) is 0 Å². The first-order chi connectivity index (χ1) is 26.3. The van der Waals surface area contributed by atoms with E-state index < -0.39 is 32.5 Å². The Balaban J connectivity index is 4.02. The number of esters is 2. The number of hydrogen-bond acceptors (Lipinski definition) is 6. The first-order valence-electron chi connectivity index (χ1n) is 21.2. The average molecular weight is 777 g/mol. The van der Waals surface area contributed by atoms with E-state index in [0.717, 1.165) is 70.6 Å². The Hall–Kier alpha value is -2.51. The first-order valence-corrected chi connectivity index (χ1v) is 22.8. The summed E-state index contributed by atoms with van der Waals surface area (Å²) in [5.74, 6) is -0.934. The summed E-state index contributed by atoms with van der Waals surface area (Å²) < 4.78 is 26.4. The molecule has 0 aliphatic carbocycles. The monoisotopic (exact) mass is 777 g/mol. The second-order valence-electron chi connectivity index (χ2n) is 14.0. The van der Waals surface area contributed by atoms with Crippen molar-refractivity contribution in [2.24, 2.45) is 0 Å². The van der Waals surface area contributed by atoms with Gasteiger partial charge >= 0.3 is 19.8 Å². The van der Waals surface area contributed by atoms with Crippen LogP contribution in [0.5, 0.6) is 0 Å². The van der Waals surface area contributed by atoms with Crippen molar-refractivity contribution in [3.8, 4) is 0 Å². The largest absolute Gasteiger partial charge is 0.469 e. The Morgan fingerprint density at radius 1 is 0.481 bits per heavy atom. The second-order valence-corrected chi connectivity index (χ2v) is 15.2. The molecule has 0 bridgehead atoms. The topological polar surface area (TPSA) is 119 Å². The van der Waals surface area contributed by atoms with Crippen LogP contribution in [0.3, 0.4) is 0 Å². The highest BCUT2D eigenvalue weighted by Crippen LogP contribution is 2.36. The van der Waals surface area contributed by atoms with Crippen molar-refractivity contribution in [3.63, 3.8) is 0 Å². The van der Waals surface area contributed by atoms with Gasteiger partial charge in [-0.05, 0) is 89.9 Å². The molecule has 0 unspecified atom stereocenters. The van der Waals surface area contributed by atoms with Gasteiger partial charge in [0.05, 0.1) is 6.61 Å². The highest BCUT2D eigenvalue weighted by molar-refractivity contribution is 7.46. The van der Waals surface area contributed by atoms with E-state index in [9.17, 15) is 14.2 Å². The first kappa shape index (κ1) is 51.5. The summed E-state index contributed by atoms with van der Waals surface area (Å²) in [4.78, 5) is 42.9. The summed E-state index contributed by atoms with van der Waals surface area (Å²) in [6.07, 6.45) is 51.9. The molecule has 0 aromatic heterocycles. The lowest BCUT2D eigenvalue weighted by atomic mass is 10.1. The highest BCUT2D eigenvalue weighted by Gasteiger charge is 2.22. The van der Waals surface area contributed by atoms with E-state index in [1.165, 1.54) is 70.6 Å². The maximum absolute atomic E-state index is 12.4. The zero-order valence-electron chi connectivity index (χ0n) is 34.1. The van der Waals surface area contributed by atoms with Gasteiger partial charge in [0.1, 0.15) is 6.61 Å². The molecule has 2 N–H and O–H groups in total. The minimum Gasteiger partial charge on any atom is -0.462 e. The third-order valence-corrected chi connectivity index (χ3v) is 9.18.